The van der Waals surface area contributed by atoms with Gasteiger partial charge in [-0.2, -0.15) is 8.42 Å². The van der Waals surface area contributed by atoms with E-state index in [1.807, 2.05) is 0 Å². The molecular formula is C14H17N3O5S2. The quantitative estimate of drug-likeness (QED) is 0.437. The summed E-state index contributed by atoms with van der Waals surface area (Å²) in [5.41, 5.74) is 12.8. The van der Waals surface area contributed by atoms with Crippen LogP contribution in [0.4, 0.5) is 22.7 Å². The van der Waals surface area contributed by atoms with Gasteiger partial charge in [0.1, 0.15) is 0 Å². The largest absolute Gasteiger partial charge is 0.399 e. The van der Waals surface area contributed by atoms with Gasteiger partial charge < -0.3 is 16.8 Å². The van der Waals surface area contributed by atoms with Gasteiger partial charge in [0.2, 0.25) is 0 Å². The first kappa shape index (κ1) is 18.0. The van der Waals surface area contributed by atoms with Crippen LogP contribution >= 0.6 is 0 Å². The molecule has 8 nitrogen and oxygen atoms in total. The van der Waals surface area contributed by atoms with Crippen LogP contribution in [-0.2, 0) is 20.0 Å². The third kappa shape index (κ3) is 4.85. The molecule has 10 heteroatoms. The summed E-state index contributed by atoms with van der Waals surface area (Å²) in [6.07, 6.45) is 0. The van der Waals surface area contributed by atoms with Gasteiger partial charge in [0.05, 0.1) is 22.1 Å². The van der Waals surface area contributed by atoms with Gasteiger partial charge in [-0.05, 0) is 36.4 Å². The van der Waals surface area contributed by atoms with Gasteiger partial charge in [-0.15, -0.1) is 0 Å². The normalized spacial score (nSPS) is 12.0. The fourth-order valence-electron chi connectivity index (χ4n) is 2.00. The highest BCUT2D eigenvalue weighted by atomic mass is 32.2. The van der Waals surface area contributed by atoms with Gasteiger partial charge in [0, 0.05) is 17.1 Å². The molecule has 0 atom stereocenters. The van der Waals surface area contributed by atoms with Crippen molar-refractivity contribution in [1.29, 1.82) is 0 Å². The van der Waals surface area contributed by atoms with E-state index in [2.05, 4.69) is 5.32 Å². The SMILES string of the molecule is Nc1cccc(Nc2ccc(N)cc2S(=O)(=O)CCS(=O)(=O)O)c1. The Bertz CT molecular complexity index is 956. The second kappa shape index (κ2) is 6.67. The molecule has 0 fully saturated rings. The van der Waals surface area contributed by atoms with E-state index in [0.29, 0.717) is 11.4 Å². The first-order chi connectivity index (χ1) is 11.1. The van der Waals surface area contributed by atoms with Crippen LogP contribution in [0.15, 0.2) is 47.4 Å². The molecule has 0 radical (unpaired) electrons. The number of nitrogens with two attached hydrogens (primary N) is 2. The first-order valence-electron chi connectivity index (χ1n) is 6.77. The summed E-state index contributed by atoms with van der Waals surface area (Å²) >= 11 is 0. The maximum absolute atomic E-state index is 12.4. The number of rotatable bonds is 6. The summed E-state index contributed by atoms with van der Waals surface area (Å²) in [5.74, 6) is -1.66. The molecule has 6 N–H and O–H groups in total. The third-order valence-electron chi connectivity index (χ3n) is 3.12. The topological polar surface area (TPSA) is 153 Å². The summed E-state index contributed by atoms with van der Waals surface area (Å²) in [7, 11) is -8.39. The van der Waals surface area contributed by atoms with Gasteiger partial charge >= 0.3 is 0 Å². The number of hydrogen-bond acceptors (Lipinski definition) is 7. The highest BCUT2D eigenvalue weighted by Gasteiger charge is 2.22. The highest BCUT2D eigenvalue weighted by Crippen LogP contribution is 2.28. The van der Waals surface area contributed by atoms with Crippen LogP contribution in [0.1, 0.15) is 0 Å². The smallest absolute Gasteiger partial charge is 0.265 e. The van der Waals surface area contributed by atoms with Crippen molar-refractivity contribution in [3.63, 3.8) is 0 Å². The van der Waals surface area contributed by atoms with Crippen molar-refractivity contribution in [3.05, 3.63) is 42.5 Å². The average Bonchev–Trinajstić information content (AvgIpc) is 2.46. The van der Waals surface area contributed by atoms with Crippen molar-refractivity contribution >= 4 is 42.7 Å². The van der Waals surface area contributed by atoms with Crippen LogP contribution in [-0.4, -0.2) is 32.9 Å². The van der Waals surface area contributed by atoms with E-state index >= 15 is 0 Å². The van der Waals surface area contributed by atoms with E-state index in [1.165, 1.54) is 18.2 Å². The molecule has 0 amide bonds. The zero-order chi connectivity index (χ0) is 18.0. The lowest BCUT2D eigenvalue weighted by atomic mass is 10.2. The maximum atomic E-state index is 12.4. The first-order valence-corrected chi connectivity index (χ1v) is 10.0. The van der Waals surface area contributed by atoms with Crippen molar-refractivity contribution in [1.82, 2.24) is 0 Å². The number of benzene rings is 2. The van der Waals surface area contributed by atoms with Crippen molar-refractivity contribution in [2.45, 2.75) is 4.90 Å². The number of nitrogen functional groups attached to an aromatic ring is 2. The molecule has 0 saturated heterocycles. The molecule has 24 heavy (non-hydrogen) atoms. The van der Waals surface area contributed by atoms with Crippen LogP contribution in [0.25, 0.3) is 0 Å². The Labute approximate surface area is 140 Å². The highest BCUT2D eigenvalue weighted by molar-refractivity contribution is 7.93. The molecule has 130 valence electrons. The van der Waals surface area contributed by atoms with Crippen LogP contribution in [0, 0.1) is 0 Å². The van der Waals surface area contributed by atoms with E-state index in [-0.39, 0.29) is 16.3 Å². The lowest BCUT2D eigenvalue weighted by Crippen LogP contribution is -2.17. The van der Waals surface area contributed by atoms with Crippen LogP contribution in [0.5, 0.6) is 0 Å². The minimum absolute atomic E-state index is 0.159. The van der Waals surface area contributed by atoms with E-state index in [9.17, 15) is 16.8 Å². The average molecular weight is 371 g/mol. The number of nitrogens with one attached hydrogen (secondary N) is 1. The van der Waals surface area contributed by atoms with Crippen LogP contribution < -0.4 is 16.8 Å². The fraction of sp³-hybridized carbons (Fsp3) is 0.143. The number of sulfone groups is 1. The lowest BCUT2D eigenvalue weighted by molar-refractivity contribution is 0.484. The number of anilines is 4. The Morgan fingerprint density at radius 3 is 2.21 bits per heavy atom. The molecule has 0 heterocycles. The van der Waals surface area contributed by atoms with Crippen molar-refractivity contribution in [2.75, 3.05) is 28.3 Å². The second-order valence-electron chi connectivity index (χ2n) is 5.11. The third-order valence-corrected chi connectivity index (χ3v) is 5.84. The summed E-state index contributed by atoms with van der Waals surface area (Å²) in [6.45, 7) is 0. The molecule has 2 aromatic carbocycles. The fourth-order valence-corrected chi connectivity index (χ4v) is 4.71. The standard InChI is InChI=1S/C14H17N3O5S2/c15-10-2-1-3-12(8-10)17-13-5-4-11(16)9-14(13)23(18,19)6-7-24(20,21)22/h1-5,8-9,17H,6-7,15-16H2,(H,20,21,22). The van der Waals surface area contributed by atoms with Crippen LogP contribution in [0.3, 0.4) is 0 Å². The van der Waals surface area contributed by atoms with Gasteiger partial charge in [0.25, 0.3) is 10.1 Å². The zero-order valence-corrected chi connectivity index (χ0v) is 14.1. The lowest BCUT2D eigenvalue weighted by Gasteiger charge is -2.13. The summed E-state index contributed by atoms with van der Waals surface area (Å²) in [5, 5.41) is 2.92. The minimum Gasteiger partial charge on any atom is -0.399 e. The Morgan fingerprint density at radius 1 is 0.917 bits per heavy atom. The summed E-state index contributed by atoms with van der Waals surface area (Å²) < 4.78 is 55.3. The number of hydrogen-bond donors (Lipinski definition) is 4. The van der Waals surface area contributed by atoms with E-state index in [1.54, 1.807) is 24.3 Å². The Kier molecular flexibility index (Phi) is 5.02. The van der Waals surface area contributed by atoms with Gasteiger partial charge in [-0.1, -0.05) is 6.07 Å². The molecule has 0 bridgehead atoms. The monoisotopic (exact) mass is 371 g/mol. The second-order valence-corrected chi connectivity index (χ2v) is 8.76. The molecule has 2 aromatic rings. The van der Waals surface area contributed by atoms with Gasteiger partial charge in [-0.3, -0.25) is 4.55 Å². The Hall–Kier alpha value is -2.30. The van der Waals surface area contributed by atoms with Gasteiger partial charge in [0.15, 0.2) is 9.84 Å². The summed E-state index contributed by atoms with van der Waals surface area (Å²) in [6, 6.07) is 10.9. The van der Waals surface area contributed by atoms with Crippen molar-refractivity contribution in [2.24, 2.45) is 0 Å². The van der Waals surface area contributed by atoms with E-state index in [0.717, 1.165) is 0 Å². The molecule has 2 rings (SSSR count). The van der Waals surface area contributed by atoms with Crippen molar-refractivity contribution < 1.29 is 21.4 Å². The molecule has 0 aliphatic carbocycles. The van der Waals surface area contributed by atoms with E-state index in [4.69, 9.17) is 16.0 Å². The molecular weight excluding hydrogens is 354 g/mol. The predicted molar refractivity (Wildman–Crippen MR) is 93.5 cm³/mol. The van der Waals surface area contributed by atoms with Gasteiger partial charge in [-0.25, -0.2) is 8.42 Å². The maximum Gasteiger partial charge on any atom is 0.265 e. The minimum atomic E-state index is -4.40. The summed E-state index contributed by atoms with van der Waals surface area (Å²) in [4.78, 5) is -0.159. The molecule has 0 unspecified atom stereocenters. The molecule has 0 aromatic heterocycles. The van der Waals surface area contributed by atoms with E-state index < -0.39 is 31.5 Å². The zero-order valence-electron chi connectivity index (χ0n) is 12.5. The predicted octanol–water partition coefficient (Wildman–Crippen LogP) is 1.26. The molecule has 0 saturated carbocycles. The molecule has 0 aliphatic rings. The Morgan fingerprint density at radius 2 is 1.58 bits per heavy atom. The molecule has 0 spiro atoms. The Balaban J connectivity index is 2.40. The van der Waals surface area contributed by atoms with Crippen LogP contribution in [0.2, 0.25) is 0 Å². The molecule has 0 aliphatic heterocycles. The van der Waals surface area contributed by atoms with Crippen molar-refractivity contribution in [3.8, 4) is 0 Å².